The van der Waals surface area contributed by atoms with Crippen LogP contribution in [0.2, 0.25) is 0 Å². The van der Waals surface area contributed by atoms with E-state index >= 15 is 0 Å². The number of ether oxygens (including phenoxy) is 1. The van der Waals surface area contributed by atoms with Gasteiger partial charge in [0.15, 0.2) is 0 Å². The van der Waals surface area contributed by atoms with Crippen molar-refractivity contribution in [3.63, 3.8) is 0 Å². The largest absolute Gasteiger partial charge is 0.469 e. The van der Waals surface area contributed by atoms with Crippen LogP contribution in [0.1, 0.15) is 20.3 Å². The fourth-order valence-corrected chi connectivity index (χ4v) is 2.26. The maximum absolute atomic E-state index is 11.5. The summed E-state index contributed by atoms with van der Waals surface area (Å²) in [5.74, 6) is -0.160. The van der Waals surface area contributed by atoms with Crippen molar-refractivity contribution in [3.8, 4) is 0 Å². The maximum atomic E-state index is 11.5. The molecule has 0 radical (unpaired) electrons. The molecule has 0 aromatic rings. The predicted octanol–water partition coefficient (Wildman–Crippen LogP) is 0.820. The van der Waals surface area contributed by atoms with Crippen LogP contribution in [-0.4, -0.2) is 62.1 Å². The zero-order valence-electron chi connectivity index (χ0n) is 11.1. The molecule has 0 bridgehead atoms. The Balaban J connectivity index is 2.50. The lowest BCUT2D eigenvalue weighted by molar-refractivity contribution is -0.146. The Bertz CT molecular complexity index is 243. The Hall–Kier alpha value is -0.610. The molecule has 1 heterocycles. The van der Waals surface area contributed by atoms with Gasteiger partial charge in [-0.1, -0.05) is 6.92 Å². The van der Waals surface area contributed by atoms with E-state index in [2.05, 4.69) is 30.8 Å². The van der Waals surface area contributed by atoms with Gasteiger partial charge in [-0.05, 0) is 27.4 Å². The van der Waals surface area contributed by atoms with Crippen LogP contribution < -0.4 is 0 Å². The predicted molar refractivity (Wildman–Crippen MR) is 64.3 cm³/mol. The van der Waals surface area contributed by atoms with Crippen LogP contribution in [0.15, 0.2) is 0 Å². The molecule has 3 atom stereocenters. The molecule has 0 aromatic heterocycles. The molecule has 1 saturated heterocycles. The molecule has 1 fully saturated rings. The Morgan fingerprint density at radius 2 is 2.06 bits per heavy atom. The average molecular weight is 228 g/mol. The van der Waals surface area contributed by atoms with Crippen molar-refractivity contribution < 1.29 is 9.53 Å². The third-order valence-corrected chi connectivity index (χ3v) is 3.80. The molecule has 0 aromatic carbocycles. The van der Waals surface area contributed by atoms with E-state index in [1.807, 2.05) is 6.92 Å². The molecular weight excluding hydrogens is 204 g/mol. The summed E-state index contributed by atoms with van der Waals surface area (Å²) in [5, 5.41) is 0. The molecule has 94 valence electrons. The summed E-state index contributed by atoms with van der Waals surface area (Å²) in [5.41, 5.74) is 0. The molecule has 3 unspecified atom stereocenters. The number of nitrogens with zero attached hydrogens (tertiary/aromatic N) is 2. The lowest BCUT2D eigenvalue weighted by Gasteiger charge is -2.28. The van der Waals surface area contributed by atoms with Crippen molar-refractivity contribution in [1.29, 1.82) is 0 Å². The first-order valence-corrected chi connectivity index (χ1v) is 5.95. The van der Waals surface area contributed by atoms with Crippen molar-refractivity contribution in [2.45, 2.75) is 32.4 Å². The molecule has 0 spiro atoms. The standard InChI is InChI=1S/C12H24N2O2/c1-9(12(15)16-5)10(2)14-7-6-11(8-14)13(3)4/h9-11H,6-8H2,1-5H3. The average Bonchev–Trinajstić information content (AvgIpc) is 2.75. The molecule has 1 rings (SSSR count). The summed E-state index contributed by atoms with van der Waals surface area (Å²) in [6.07, 6.45) is 1.19. The van der Waals surface area contributed by atoms with Crippen molar-refractivity contribution >= 4 is 5.97 Å². The van der Waals surface area contributed by atoms with E-state index in [-0.39, 0.29) is 17.9 Å². The Kier molecular flexibility index (Phi) is 4.74. The molecule has 1 aliphatic rings. The summed E-state index contributed by atoms with van der Waals surface area (Å²) in [4.78, 5) is 16.1. The van der Waals surface area contributed by atoms with Gasteiger partial charge in [0.2, 0.25) is 0 Å². The molecule has 0 N–H and O–H groups in total. The van der Waals surface area contributed by atoms with Gasteiger partial charge in [-0.3, -0.25) is 9.69 Å². The number of rotatable bonds is 4. The second-order valence-electron chi connectivity index (χ2n) is 4.95. The summed E-state index contributed by atoms with van der Waals surface area (Å²) >= 11 is 0. The van der Waals surface area contributed by atoms with Gasteiger partial charge in [0, 0.05) is 25.2 Å². The number of likely N-dealkylation sites (N-methyl/N-ethyl adjacent to an activating group) is 1. The zero-order valence-corrected chi connectivity index (χ0v) is 11.1. The van der Waals surface area contributed by atoms with Crippen molar-refractivity contribution in [1.82, 2.24) is 9.80 Å². The van der Waals surface area contributed by atoms with Crippen LogP contribution in [0.4, 0.5) is 0 Å². The number of methoxy groups -OCH3 is 1. The number of carbonyl (C=O) groups excluding carboxylic acids is 1. The lowest BCUT2D eigenvalue weighted by atomic mass is 10.0. The van der Waals surface area contributed by atoms with E-state index in [9.17, 15) is 4.79 Å². The minimum atomic E-state index is -0.110. The summed E-state index contributed by atoms with van der Waals surface area (Å²) in [7, 11) is 5.68. The fraction of sp³-hybridized carbons (Fsp3) is 0.917. The topological polar surface area (TPSA) is 32.8 Å². The Morgan fingerprint density at radius 3 is 2.50 bits per heavy atom. The maximum Gasteiger partial charge on any atom is 0.309 e. The minimum Gasteiger partial charge on any atom is -0.469 e. The molecular formula is C12H24N2O2. The third-order valence-electron chi connectivity index (χ3n) is 3.80. The smallest absolute Gasteiger partial charge is 0.309 e. The lowest BCUT2D eigenvalue weighted by Crippen LogP contribution is -2.41. The molecule has 0 aliphatic carbocycles. The number of likely N-dealkylation sites (tertiary alicyclic amines) is 1. The van der Waals surface area contributed by atoms with Crippen LogP contribution >= 0.6 is 0 Å². The monoisotopic (exact) mass is 228 g/mol. The Labute approximate surface area is 98.5 Å². The second kappa shape index (κ2) is 5.64. The highest BCUT2D eigenvalue weighted by atomic mass is 16.5. The SMILES string of the molecule is COC(=O)C(C)C(C)N1CCC(N(C)C)C1. The minimum absolute atomic E-state index is 0.0501. The van der Waals surface area contributed by atoms with Gasteiger partial charge in [0.25, 0.3) is 0 Å². The van der Waals surface area contributed by atoms with Gasteiger partial charge in [-0.2, -0.15) is 0 Å². The summed E-state index contributed by atoms with van der Waals surface area (Å²) < 4.78 is 4.79. The van der Waals surface area contributed by atoms with Crippen molar-refractivity contribution in [2.75, 3.05) is 34.3 Å². The third kappa shape index (κ3) is 2.95. The van der Waals surface area contributed by atoms with E-state index in [4.69, 9.17) is 4.74 Å². The second-order valence-corrected chi connectivity index (χ2v) is 4.95. The molecule has 1 aliphatic heterocycles. The van der Waals surface area contributed by atoms with Gasteiger partial charge in [-0.25, -0.2) is 0 Å². The Morgan fingerprint density at radius 1 is 1.44 bits per heavy atom. The van der Waals surface area contributed by atoms with E-state index < -0.39 is 0 Å². The first-order valence-electron chi connectivity index (χ1n) is 5.95. The molecule has 4 nitrogen and oxygen atoms in total. The number of carbonyl (C=O) groups is 1. The van der Waals surface area contributed by atoms with Crippen LogP contribution in [0, 0.1) is 5.92 Å². The van der Waals surface area contributed by atoms with Gasteiger partial charge in [0.1, 0.15) is 0 Å². The summed E-state index contributed by atoms with van der Waals surface area (Å²) in [6.45, 7) is 6.18. The van der Waals surface area contributed by atoms with E-state index in [0.717, 1.165) is 13.1 Å². The van der Waals surface area contributed by atoms with Crippen LogP contribution in [0.5, 0.6) is 0 Å². The van der Waals surface area contributed by atoms with Crippen LogP contribution in [0.25, 0.3) is 0 Å². The molecule has 16 heavy (non-hydrogen) atoms. The van der Waals surface area contributed by atoms with E-state index in [1.54, 1.807) is 0 Å². The zero-order chi connectivity index (χ0) is 12.3. The highest BCUT2D eigenvalue weighted by Crippen LogP contribution is 2.20. The van der Waals surface area contributed by atoms with Crippen LogP contribution in [-0.2, 0) is 9.53 Å². The van der Waals surface area contributed by atoms with Gasteiger partial charge in [-0.15, -0.1) is 0 Å². The van der Waals surface area contributed by atoms with Crippen molar-refractivity contribution in [3.05, 3.63) is 0 Å². The number of hydrogen-bond donors (Lipinski definition) is 0. The van der Waals surface area contributed by atoms with Gasteiger partial charge < -0.3 is 9.64 Å². The molecule has 0 amide bonds. The van der Waals surface area contributed by atoms with Gasteiger partial charge in [0.05, 0.1) is 13.0 Å². The molecule has 4 heteroatoms. The van der Waals surface area contributed by atoms with Crippen LogP contribution in [0.3, 0.4) is 0 Å². The van der Waals surface area contributed by atoms with Crippen molar-refractivity contribution in [2.24, 2.45) is 5.92 Å². The first-order chi connectivity index (χ1) is 7.47. The number of hydrogen-bond acceptors (Lipinski definition) is 4. The highest BCUT2D eigenvalue weighted by molar-refractivity contribution is 5.72. The van der Waals surface area contributed by atoms with Gasteiger partial charge >= 0.3 is 5.97 Å². The fourth-order valence-electron chi connectivity index (χ4n) is 2.26. The normalized spacial score (nSPS) is 25.8. The highest BCUT2D eigenvalue weighted by Gasteiger charge is 2.32. The summed E-state index contributed by atoms with van der Waals surface area (Å²) in [6, 6.07) is 0.879. The van der Waals surface area contributed by atoms with E-state index in [0.29, 0.717) is 6.04 Å². The quantitative estimate of drug-likeness (QED) is 0.667. The van der Waals surface area contributed by atoms with E-state index in [1.165, 1.54) is 13.5 Å². The molecule has 0 saturated carbocycles. The number of esters is 1. The first kappa shape index (κ1) is 13.5.